The van der Waals surface area contributed by atoms with Crippen LogP contribution in [0.1, 0.15) is 12.0 Å². The van der Waals surface area contributed by atoms with Crippen LogP contribution >= 0.6 is 0 Å². The van der Waals surface area contributed by atoms with Crippen molar-refractivity contribution in [2.75, 3.05) is 33.7 Å². The van der Waals surface area contributed by atoms with Gasteiger partial charge in [0.2, 0.25) is 5.91 Å². The lowest BCUT2D eigenvalue weighted by molar-refractivity contribution is -0.129. The Balaban J connectivity index is 1.85. The topological polar surface area (TPSA) is 43.8 Å². The average molecular weight is 262 g/mol. The zero-order chi connectivity index (χ0) is 13.8. The first-order valence-electron chi connectivity index (χ1n) is 6.75. The normalized spacial score (nSPS) is 19.6. The number of nitrogens with zero attached hydrogens (tertiary/aromatic N) is 2. The molecule has 1 aromatic carbocycles. The predicted molar refractivity (Wildman–Crippen MR) is 75.1 cm³/mol. The fourth-order valence-electron chi connectivity index (χ4n) is 2.64. The number of rotatable bonds is 4. The molecule has 1 N–H and O–H groups in total. The van der Waals surface area contributed by atoms with Crippen LogP contribution in [-0.4, -0.2) is 54.5 Å². The van der Waals surface area contributed by atoms with E-state index in [1.54, 1.807) is 18.2 Å². The Morgan fingerprint density at radius 3 is 2.95 bits per heavy atom. The summed E-state index contributed by atoms with van der Waals surface area (Å²) >= 11 is 0. The highest BCUT2D eigenvalue weighted by Gasteiger charge is 2.22. The first-order valence-corrected chi connectivity index (χ1v) is 6.75. The van der Waals surface area contributed by atoms with Crippen LogP contribution in [0.15, 0.2) is 24.3 Å². The van der Waals surface area contributed by atoms with E-state index in [4.69, 9.17) is 0 Å². The van der Waals surface area contributed by atoms with E-state index < -0.39 is 0 Å². The summed E-state index contributed by atoms with van der Waals surface area (Å²) in [5, 5.41) is 9.39. The molecule has 4 heteroatoms. The van der Waals surface area contributed by atoms with Gasteiger partial charge in [0.25, 0.3) is 0 Å². The molecule has 0 bridgehead atoms. The van der Waals surface area contributed by atoms with Crippen molar-refractivity contribution in [2.45, 2.75) is 12.8 Å². The SMILES string of the molecule is CN1CCC(CN(C)C(=O)Cc2cccc(O)c2)C1. The van der Waals surface area contributed by atoms with Gasteiger partial charge in [-0.05, 0) is 43.6 Å². The fraction of sp³-hybridized carbons (Fsp3) is 0.533. The van der Waals surface area contributed by atoms with Gasteiger partial charge >= 0.3 is 0 Å². The largest absolute Gasteiger partial charge is 0.508 e. The van der Waals surface area contributed by atoms with E-state index in [1.807, 2.05) is 18.0 Å². The third-order valence-electron chi connectivity index (χ3n) is 3.71. The van der Waals surface area contributed by atoms with Crippen molar-refractivity contribution >= 4 is 5.91 Å². The maximum atomic E-state index is 12.1. The molecule has 0 spiro atoms. The van der Waals surface area contributed by atoms with Gasteiger partial charge in [-0.1, -0.05) is 12.1 Å². The third kappa shape index (κ3) is 3.96. The van der Waals surface area contributed by atoms with Gasteiger partial charge in [-0.25, -0.2) is 0 Å². The number of amides is 1. The lowest BCUT2D eigenvalue weighted by Crippen LogP contribution is -2.33. The first-order chi connectivity index (χ1) is 9.04. The summed E-state index contributed by atoms with van der Waals surface area (Å²) in [5.74, 6) is 0.911. The molecule has 19 heavy (non-hydrogen) atoms. The highest BCUT2D eigenvalue weighted by molar-refractivity contribution is 5.78. The van der Waals surface area contributed by atoms with Crippen LogP contribution in [0, 0.1) is 5.92 Å². The van der Waals surface area contributed by atoms with Crippen molar-refractivity contribution in [1.29, 1.82) is 0 Å². The zero-order valence-electron chi connectivity index (χ0n) is 11.7. The van der Waals surface area contributed by atoms with E-state index in [-0.39, 0.29) is 11.7 Å². The molecule has 4 nitrogen and oxygen atoms in total. The number of carbonyl (C=O) groups is 1. The molecule has 1 saturated heterocycles. The Kier molecular flexibility index (Phi) is 4.43. The van der Waals surface area contributed by atoms with Crippen LogP contribution in [0.2, 0.25) is 0 Å². The quantitative estimate of drug-likeness (QED) is 0.890. The summed E-state index contributed by atoms with van der Waals surface area (Å²) < 4.78 is 0. The van der Waals surface area contributed by atoms with Gasteiger partial charge in [0.05, 0.1) is 6.42 Å². The zero-order valence-corrected chi connectivity index (χ0v) is 11.7. The van der Waals surface area contributed by atoms with Crippen LogP contribution in [0.25, 0.3) is 0 Å². The highest BCUT2D eigenvalue weighted by atomic mass is 16.3. The molecule has 2 rings (SSSR count). The molecule has 1 aliphatic heterocycles. The molecule has 1 amide bonds. The molecule has 1 aliphatic rings. The molecule has 0 aliphatic carbocycles. The number of phenolic OH excluding ortho intramolecular Hbond substituents is 1. The summed E-state index contributed by atoms with van der Waals surface area (Å²) in [6.45, 7) is 3.02. The Labute approximate surface area is 114 Å². The molecular weight excluding hydrogens is 240 g/mol. The lowest BCUT2D eigenvalue weighted by atomic mass is 10.1. The Hall–Kier alpha value is -1.55. The summed E-state index contributed by atoms with van der Waals surface area (Å²) in [6, 6.07) is 6.90. The smallest absolute Gasteiger partial charge is 0.226 e. The molecule has 1 aromatic rings. The Bertz CT molecular complexity index is 448. The number of likely N-dealkylation sites (tertiary alicyclic amines) is 1. The minimum absolute atomic E-state index is 0.111. The summed E-state index contributed by atoms with van der Waals surface area (Å²) in [7, 11) is 3.98. The second-order valence-corrected chi connectivity index (χ2v) is 5.54. The maximum absolute atomic E-state index is 12.1. The van der Waals surface area contributed by atoms with Crippen molar-refractivity contribution in [3.63, 3.8) is 0 Å². The number of hydrogen-bond acceptors (Lipinski definition) is 3. The monoisotopic (exact) mass is 262 g/mol. The van der Waals surface area contributed by atoms with Crippen molar-refractivity contribution < 1.29 is 9.90 Å². The van der Waals surface area contributed by atoms with Crippen LogP contribution in [-0.2, 0) is 11.2 Å². The second kappa shape index (κ2) is 6.06. The lowest BCUT2D eigenvalue weighted by Gasteiger charge is -2.21. The van der Waals surface area contributed by atoms with Gasteiger partial charge in [-0.3, -0.25) is 4.79 Å². The van der Waals surface area contributed by atoms with Gasteiger partial charge in [-0.2, -0.15) is 0 Å². The minimum atomic E-state index is 0.111. The van der Waals surface area contributed by atoms with E-state index >= 15 is 0 Å². The summed E-state index contributed by atoms with van der Waals surface area (Å²) in [4.78, 5) is 16.2. The molecule has 1 fully saturated rings. The molecule has 0 aromatic heterocycles. The predicted octanol–water partition coefficient (Wildman–Crippen LogP) is 1.34. The van der Waals surface area contributed by atoms with Gasteiger partial charge in [0, 0.05) is 20.1 Å². The first kappa shape index (κ1) is 13.9. The maximum Gasteiger partial charge on any atom is 0.226 e. The van der Waals surface area contributed by atoms with Gasteiger partial charge in [0.1, 0.15) is 5.75 Å². The molecule has 1 atom stereocenters. The fourth-order valence-corrected chi connectivity index (χ4v) is 2.64. The number of hydrogen-bond donors (Lipinski definition) is 1. The van der Waals surface area contributed by atoms with Crippen molar-refractivity contribution in [2.24, 2.45) is 5.92 Å². The van der Waals surface area contributed by atoms with Gasteiger partial charge < -0.3 is 14.9 Å². The molecule has 0 radical (unpaired) electrons. The number of carbonyl (C=O) groups excluding carboxylic acids is 1. The third-order valence-corrected chi connectivity index (χ3v) is 3.71. The summed E-state index contributed by atoms with van der Waals surface area (Å²) in [6.07, 6.45) is 1.52. The Morgan fingerprint density at radius 1 is 1.53 bits per heavy atom. The second-order valence-electron chi connectivity index (χ2n) is 5.54. The van der Waals surface area contributed by atoms with Crippen molar-refractivity contribution in [3.8, 4) is 5.75 Å². The Morgan fingerprint density at radius 2 is 2.32 bits per heavy atom. The molecular formula is C15H22N2O2. The van der Waals surface area contributed by atoms with Crippen LogP contribution in [0.4, 0.5) is 0 Å². The number of likely N-dealkylation sites (N-methyl/N-ethyl adjacent to an activating group) is 1. The number of phenols is 1. The number of aromatic hydroxyl groups is 1. The van der Waals surface area contributed by atoms with Crippen molar-refractivity contribution in [3.05, 3.63) is 29.8 Å². The van der Waals surface area contributed by atoms with E-state index in [0.717, 1.165) is 25.2 Å². The van der Waals surface area contributed by atoms with E-state index in [1.165, 1.54) is 6.42 Å². The minimum Gasteiger partial charge on any atom is -0.508 e. The van der Waals surface area contributed by atoms with E-state index in [0.29, 0.717) is 12.3 Å². The molecule has 1 unspecified atom stereocenters. The highest BCUT2D eigenvalue weighted by Crippen LogP contribution is 2.16. The van der Waals surface area contributed by atoms with E-state index in [9.17, 15) is 9.90 Å². The van der Waals surface area contributed by atoms with Gasteiger partial charge in [-0.15, -0.1) is 0 Å². The summed E-state index contributed by atoms with van der Waals surface area (Å²) in [5.41, 5.74) is 0.861. The average Bonchev–Trinajstić information content (AvgIpc) is 2.74. The van der Waals surface area contributed by atoms with Crippen LogP contribution < -0.4 is 0 Å². The van der Waals surface area contributed by atoms with Gasteiger partial charge in [0.15, 0.2) is 0 Å². The van der Waals surface area contributed by atoms with Crippen LogP contribution in [0.3, 0.4) is 0 Å². The molecule has 1 heterocycles. The van der Waals surface area contributed by atoms with Crippen LogP contribution in [0.5, 0.6) is 5.75 Å². The van der Waals surface area contributed by atoms with E-state index in [2.05, 4.69) is 11.9 Å². The van der Waals surface area contributed by atoms with Crippen molar-refractivity contribution in [1.82, 2.24) is 9.80 Å². The molecule has 104 valence electrons. The molecule has 0 saturated carbocycles. The standard InChI is InChI=1S/C15H22N2O2/c1-16-7-6-13(10-16)11-17(2)15(19)9-12-4-3-5-14(18)8-12/h3-5,8,13,18H,6-7,9-11H2,1-2H3. The number of benzene rings is 1.